The largest absolute Gasteiger partial charge is 0.492 e. The van der Waals surface area contributed by atoms with Crippen LogP contribution in [0.1, 0.15) is 19.4 Å². The number of carbonyl (C=O) groups is 1. The number of nitrogens with zero attached hydrogens (tertiary/aromatic N) is 1. The van der Waals surface area contributed by atoms with Crippen molar-refractivity contribution in [2.24, 2.45) is 15.5 Å². The number of carboxylic acids is 1. The van der Waals surface area contributed by atoms with Crippen LogP contribution < -0.4 is 15.2 Å². The maximum absolute atomic E-state index is 11.4. The molecular formula is C12H15N3O5S. The van der Waals surface area contributed by atoms with Gasteiger partial charge in [0, 0.05) is 0 Å². The highest BCUT2D eigenvalue weighted by atomic mass is 32.2. The lowest BCUT2D eigenvalue weighted by molar-refractivity contribution is -0.148. The number of nitrogens with one attached hydrogen (secondary N) is 1. The van der Waals surface area contributed by atoms with Crippen molar-refractivity contribution in [3.05, 3.63) is 23.8 Å². The molecule has 0 amide bonds. The van der Waals surface area contributed by atoms with Crippen molar-refractivity contribution in [2.45, 2.75) is 13.8 Å². The Morgan fingerprint density at radius 2 is 2.14 bits per heavy atom. The fraction of sp³-hybridized carbons (Fsp3) is 0.333. The zero-order valence-electron chi connectivity index (χ0n) is 11.5. The molecule has 2 rings (SSSR count). The van der Waals surface area contributed by atoms with Gasteiger partial charge < -0.3 is 15.6 Å². The summed E-state index contributed by atoms with van der Waals surface area (Å²) >= 11 is 0. The van der Waals surface area contributed by atoms with E-state index < -0.39 is 21.6 Å². The summed E-state index contributed by atoms with van der Waals surface area (Å²) in [4.78, 5) is 11.1. The lowest BCUT2D eigenvalue weighted by Crippen LogP contribution is -2.32. The van der Waals surface area contributed by atoms with Gasteiger partial charge in [-0.15, -0.1) is 4.40 Å². The molecule has 114 valence electrons. The number of nitrogens with two attached hydrogens (primary N) is 1. The number of amidine groups is 1. The molecule has 0 aliphatic carbocycles. The summed E-state index contributed by atoms with van der Waals surface area (Å²) in [5, 5.41) is 9.06. The van der Waals surface area contributed by atoms with E-state index in [0.29, 0.717) is 5.56 Å². The second-order valence-corrected chi connectivity index (χ2v) is 6.55. The van der Waals surface area contributed by atoms with Crippen molar-refractivity contribution in [3.8, 4) is 5.75 Å². The van der Waals surface area contributed by atoms with Crippen LogP contribution in [0.15, 0.2) is 22.6 Å². The molecule has 0 saturated heterocycles. The number of carboxylic acid groups (broad SMARTS) is 1. The minimum absolute atomic E-state index is 0.0984. The van der Waals surface area contributed by atoms with E-state index in [2.05, 4.69) is 9.12 Å². The molecule has 0 unspecified atom stereocenters. The Kier molecular flexibility index (Phi) is 3.54. The first kappa shape index (κ1) is 15.1. The molecule has 1 heterocycles. The Bertz CT molecular complexity index is 724. The van der Waals surface area contributed by atoms with Crippen molar-refractivity contribution >= 4 is 27.7 Å². The molecule has 1 aromatic rings. The third kappa shape index (κ3) is 3.07. The fourth-order valence-corrected chi connectivity index (χ4v) is 2.50. The summed E-state index contributed by atoms with van der Waals surface area (Å²) in [6.45, 7) is 2.94. The van der Waals surface area contributed by atoms with E-state index in [4.69, 9.17) is 15.6 Å². The maximum atomic E-state index is 11.4. The molecule has 1 aromatic carbocycles. The zero-order valence-corrected chi connectivity index (χ0v) is 12.3. The minimum atomic E-state index is -3.86. The van der Waals surface area contributed by atoms with E-state index in [9.17, 15) is 13.2 Å². The summed E-state index contributed by atoms with van der Waals surface area (Å²) in [6, 6.07) is 4.66. The Morgan fingerprint density at radius 1 is 1.48 bits per heavy atom. The van der Waals surface area contributed by atoms with Gasteiger partial charge in [0.15, 0.2) is 5.84 Å². The third-order valence-electron chi connectivity index (χ3n) is 2.91. The quantitative estimate of drug-likeness (QED) is 0.744. The van der Waals surface area contributed by atoms with Gasteiger partial charge >= 0.3 is 16.2 Å². The van der Waals surface area contributed by atoms with Gasteiger partial charge in [-0.1, -0.05) is 6.07 Å². The van der Waals surface area contributed by atoms with Crippen LogP contribution in [0.5, 0.6) is 5.75 Å². The summed E-state index contributed by atoms with van der Waals surface area (Å²) in [5.74, 6) is -0.937. The molecule has 4 N–H and O–H groups in total. The van der Waals surface area contributed by atoms with Gasteiger partial charge in [0.25, 0.3) is 0 Å². The van der Waals surface area contributed by atoms with Crippen LogP contribution in [0.3, 0.4) is 0 Å². The number of rotatable bonds is 4. The standard InChI is InChI=1S/C12H15N3O5S/c1-12(2,11(16)17)6-20-8-5-3-4-7-9(8)10(13)15-21(18,19)14-7/h3-5,14H,6H2,1-2H3,(H2,13,15)(H,16,17). The van der Waals surface area contributed by atoms with Gasteiger partial charge in [-0.2, -0.15) is 8.42 Å². The highest BCUT2D eigenvalue weighted by Crippen LogP contribution is 2.31. The zero-order chi connectivity index (χ0) is 15.8. The molecule has 1 aliphatic rings. The van der Waals surface area contributed by atoms with Crippen LogP contribution in [0, 0.1) is 5.41 Å². The number of benzene rings is 1. The molecule has 0 bridgehead atoms. The monoisotopic (exact) mass is 313 g/mol. The van der Waals surface area contributed by atoms with E-state index in [1.54, 1.807) is 12.1 Å². The topological polar surface area (TPSA) is 131 Å². The predicted molar refractivity (Wildman–Crippen MR) is 76.6 cm³/mol. The first-order chi connectivity index (χ1) is 9.62. The molecular weight excluding hydrogens is 298 g/mol. The van der Waals surface area contributed by atoms with Gasteiger partial charge in [0.1, 0.15) is 12.4 Å². The SMILES string of the molecule is CC(C)(COc1cccc2c1C(N)=NS(=O)(=O)N2)C(=O)O. The van der Waals surface area contributed by atoms with Crippen LogP contribution in [-0.2, 0) is 15.0 Å². The maximum Gasteiger partial charge on any atom is 0.344 e. The lowest BCUT2D eigenvalue weighted by atomic mass is 9.95. The number of hydrogen-bond donors (Lipinski definition) is 3. The average Bonchev–Trinajstić information content (AvgIpc) is 2.34. The van der Waals surface area contributed by atoms with Crippen molar-refractivity contribution < 1.29 is 23.1 Å². The van der Waals surface area contributed by atoms with E-state index >= 15 is 0 Å². The summed E-state index contributed by atoms with van der Waals surface area (Å²) in [5.41, 5.74) is 5.11. The first-order valence-electron chi connectivity index (χ1n) is 6.00. The summed E-state index contributed by atoms with van der Waals surface area (Å²) < 4.78 is 34.0. The fourth-order valence-electron chi connectivity index (χ4n) is 1.66. The summed E-state index contributed by atoms with van der Waals surface area (Å²) in [6.07, 6.45) is 0. The molecule has 0 atom stereocenters. The number of aliphatic carboxylic acids is 1. The van der Waals surface area contributed by atoms with Crippen molar-refractivity contribution in [2.75, 3.05) is 11.3 Å². The second-order valence-electron chi connectivity index (χ2n) is 5.21. The normalized spacial score (nSPS) is 16.4. The van der Waals surface area contributed by atoms with Crippen molar-refractivity contribution in [1.29, 1.82) is 0 Å². The van der Waals surface area contributed by atoms with E-state index in [-0.39, 0.29) is 23.9 Å². The van der Waals surface area contributed by atoms with Crippen LogP contribution in [0.4, 0.5) is 5.69 Å². The van der Waals surface area contributed by atoms with E-state index in [0.717, 1.165) is 0 Å². The van der Waals surface area contributed by atoms with Crippen LogP contribution in [-0.4, -0.2) is 31.9 Å². The highest BCUT2D eigenvalue weighted by Gasteiger charge is 2.30. The Balaban J connectivity index is 2.35. The molecule has 0 radical (unpaired) electrons. The number of hydrogen-bond acceptors (Lipinski definition) is 5. The van der Waals surface area contributed by atoms with Gasteiger partial charge in [-0.3, -0.25) is 9.52 Å². The van der Waals surface area contributed by atoms with Crippen LogP contribution in [0.25, 0.3) is 0 Å². The average molecular weight is 313 g/mol. The molecule has 8 nitrogen and oxygen atoms in total. The number of anilines is 1. The van der Waals surface area contributed by atoms with Crippen LogP contribution in [0.2, 0.25) is 0 Å². The molecule has 0 fully saturated rings. The number of ether oxygens (including phenoxy) is 1. The van der Waals surface area contributed by atoms with Gasteiger partial charge in [-0.05, 0) is 26.0 Å². The number of fused-ring (bicyclic) bond motifs is 1. The lowest BCUT2D eigenvalue weighted by Gasteiger charge is -2.23. The van der Waals surface area contributed by atoms with Gasteiger partial charge in [0.05, 0.1) is 16.7 Å². The Morgan fingerprint density at radius 3 is 2.76 bits per heavy atom. The Hall–Kier alpha value is -2.29. The molecule has 0 spiro atoms. The smallest absolute Gasteiger partial charge is 0.344 e. The van der Waals surface area contributed by atoms with Gasteiger partial charge in [-0.25, -0.2) is 0 Å². The summed E-state index contributed by atoms with van der Waals surface area (Å²) in [7, 11) is -3.86. The first-order valence-corrected chi connectivity index (χ1v) is 7.44. The van der Waals surface area contributed by atoms with Crippen LogP contribution >= 0.6 is 0 Å². The molecule has 9 heteroatoms. The Labute approximate surface area is 121 Å². The predicted octanol–water partition coefficient (Wildman–Crippen LogP) is 0.552. The van der Waals surface area contributed by atoms with E-state index in [1.807, 2.05) is 0 Å². The molecule has 0 saturated carbocycles. The minimum Gasteiger partial charge on any atom is -0.492 e. The second kappa shape index (κ2) is 4.92. The van der Waals surface area contributed by atoms with Crippen molar-refractivity contribution in [1.82, 2.24) is 0 Å². The van der Waals surface area contributed by atoms with E-state index in [1.165, 1.54) is 19.9 Å². The highest BCUT2D eigenvalue weighted by molar-refractivity contribution is 7.91. The third-order valence-corrected chi connectivity index (χ3v) is 3.82. The van der Waals surface area contributed by atoms with Crippen molar-refractivity contribution in [3.63, 3.8) is 0 Å². The molecule has 1 aliphatic heterocycles. The van der Waals surface area contributed by atoms with Gasteiger partial charge in [0.2, 0.25) is 0 Å². The molecule has 0 aromatic heterocycles. The molecule has 21 heavy (non-hydrogen) atoms.